The van der Waals surface area contributed by atoms with Crippen LogP contribution in [0.1, 0.15) is 44.0 Å². The lowest BCUT2D eigenvalue weighted by Crippen LogP contribution is -2.42. The van der Waals surface area contributed by atoms with E-state index in [-0.39, 0.29) is 17.5 Å². The molecular weight excluding hydrogens is 406 g/mol. The highest BCUT2D eigenvalue weighted by molar-refractivity contribution is 7.26. The van der Waals surface area contributed by atoms with Gasteiger partial charge in [-0.1, -0.05) is 55.5 Å². The maximum Gasteiger partial charge on any atom is 0.276 e. The van der Waals surface area contributed by atoms with E-state index < -0.39 is 6.04 Å². The predicted molar refractivity (Wildman–Crippen MR) is 128 cm³/mol. The van der Waals surface area contributed by atoms with Crippen LogP contribution in [0.5, 0.6) is 0 Å². The molecule has 4 rings (SSSR count). The molecule has 0 radical (unpaired) electrons. The van der Waals surface area contributed by atoms with E-state index in [1.807, 2.05) is 63.2 Å². The van der Waals surface area contributed by atoms with Crippen molar-refractivity contribution in [1.82, 2.24) is 15.1 Å². The lowest BCUT2D eigenvalue weighted by atomic mass is 10.1. The average Bonchev–Trinajstić information content (AvgIpc) is 3.17. The molecule has 0 aliphatic heterocycles. The number of nitrogens with one attached hydrogen (secondary N) is 1. The molecule has 0 aliphatic rings. The molecule has 0 bridgehead atoms. The number of hydrogen-bond acceptors (Lipinski definition) is 4. The number of thiophene rings is 1. The highest BCUT2D eigenvalue weighted by Crippen LogP contribution is 2.33. The van der Waals surface area contributed by atoms with Crippen LogP contribution in [0.2, 0.25) is 0 Å². The van der Waals surface area contributed by atoms with E-state index in [1.54, 1.807) is 11.3 Å². The second-order valence-electron chi connectivity index (χ2n) is 8.00. The first kappa shape index (κ1) is 21.2. The molecule has 0 unspecified atom stereocenters. The number of rotatable bonds is 7. The Morgan fingerprint density at radius 3 is 2.58 bits per heavy atom. The van der Waals surface area contributed by atoms with Crippen molar-refractivity contribution in [2.75, 3.05) is 0 Å². The molecule has 2 atom stereocenters. The Morgan fingerprint density at radius 2 is 1.84 bits per heavy atom. The number of aromatic nitrogens is 2. The van der Waals surface area contributed by atoms with Crippen molar-refractivity contribution in [3.8, 4) is 0 Å². The molecule has 0 aliphatic carbocycles. The Morgan fingerprint density at radius 1 is 1.13 bits per heavy atom. The molecule has 5 nitrogen and oxygen atoms in total. The standard InChI is InChI=1S/C25H27N3O2S/c1-4-20(24(29)26-16(2)14-15-18-10-6-5-7-11-18)28-25(30)22-19-12-8-9-13-21(19)31-23(22)17(3)27-28/h5-13,16,20H,4,14-15H2,1-3H3,(H,26,29)/t16-,20-/m1/s1. The van der Waals surface area contributed by atoms with Gasteiger partial charge in [0, 0.05) is 16.1 Å². The van der Waals surface area contributed by atoms with E-state index in [0.717, 1.165) is 33.3 Å². The molecule has 0 spiro atoms. The number of aryl methyl sites for hydroxylation is 2. The molecule has 4 aromatic rings. The Balaban J connectivity index is 1.59. The summed E-state index contributed by atoms with van der Waals surface area (Å²) >= 11 is 1.58. The van der Waals surface area contributed by atoms with Crippen molar-refractivity contribution >= 4 is 37.4 Å². The van der Waals surface area contributed by atoms with Crippen LogP contribution >= 0.6 is 11.3 Å². The Labute approximate surface area is 185 Å². The molecule has 2 heterocycles. The first-order valence-electron chi connectivity index (χ1n) is 10.7. The molecule has 31 heavy (non-hydrogen) atoms. The van der Waals surface area contributed by atoms with E-state index in [9.17, 15) is 9.59 Å². The third-order valence-electron chi connectivity index (χ3n) is 5.69. The van der Waals surface area contributed by atoms with E-state index in [4.69, 9.17) is 0 Å². The van der Waals surface area contributed by atoms with Gasteiger partial charge in [-0.3, -0.25) is 9.59 Å². The first-order chi connectivity index (χ1) is 15.0. The summed E-state index contributed by atoms with van der Waals surface area (Å²) in [4.78, 5) is 26.5. The van der Waals surface area contributed by atoms with Crippen molar-refractivity contribution in [1.29, 1.82) is 0 Å². The summed E-state index contributed by atoms with van der Waals surface area (Å²) in [7, 11) is 0. The quantitative estimate of drug-likeness (QED) is 0.446. The van der Waals surface area contributed by atoms with Gasteiger partial charge in [0.2, 0.25) is 5.91 Å². The van der Waals surface area contributed by atoms with Gasteiger partial charge in [-0.2, -0.15) is 5.10 Å². The van der Waals surface area contributed by atoms with Crippen LogP contribution in [-0.4, -0.2) is 21.7 Å². The minimum atomic E-state index is -0.631. The summed E-state index contributed by atoms with van der Waals surface area (Å²) in [5.74, 6) is -0.157. The zero-order valence-electron chi connectivity index (χ0n) is 18.1. The van der Waals surface area contributed by atoms with Crippen LogP contribution in [0.4, 0.5) is 0 Å². The van der Waals surface area contributed by atoms with Gasteiger partial charge in [-0.25, -0.2) is 4.68 Å². The molecule has 6 heteroatoms. The lowest BCUT2D eigenvalue weighted by Gasteiger charge is -2.21. The number of amides is 1. The van der Waals surface area contributed by atoms with Gasteiger partial charge in [0.15, 0.2) is 0 Å². The van der Waals surface area contributed by atoms with Crippen molar-refractivity contribution in [2.24, 2.45) is 0 Å². The van der Waals surface area contributed by atoms with Gasteiger partial charge in [0.25, 0.3) is 5.56 Å². The second-order valence-corrected chi connectivity index (χ2v) is 9.05. The lowest BCUT2D eigenvalue weighted by molar-refractivity contribution is -0.125. The van der Waals surface area contributed by atoms with E-state index in [1.165, 1.54) is 10.2 Å². The number of carbonyl (C=O) groups is 1. The first-order valence-corrected chi connectivity index (χ1v) is 11.6. The van der Waals surface area contributed by atoms with E-state index in [2.05, 4.69) is 22.5 Å². The highest BCUT2D eigenvalue weighted by Gasteiger charge is 2.25. The van der Waals surface area contributed by atoms with Gasteiger partial charge < -0.3 is 5.32 Å². The molecule has 0 fully saturated rings. The second kappa shape index (κ2) is 9.02. The fraction of sp³-hybridized carbons (Fsp3) is 0.320. The SMILES string of the molecule is CC[C@H](C(=O)N[C@H](C)CCc1ccccc1)n1nc(C)c2sc3ccccc3c2c1=O. The molecule has 2 aromatic heterocycles. The Hall–Kier alpha value is -2.99. The summed E-state index contributed by atoms with van der Waals surface area (Å²) in [5.41, 5.74) is 1.83. The number of hydrogen-bond donors (Lipinski definition) is 1. The molecule has 1 N–H and O–H groups in total. The molecule has 1 amide bonds. The monoisotopic (exact) mass is 433 g/mol. The van der Waals surface area contributed by atoms with Gasteiger partial charge in [0.1, 0.15) is 6.04 Å². The predicted octanol–water partition coefficient (Wildman–Crippen LogP) is 5.01. The van der Waals surface area contributed by atoms with E-state index in [0.29, 0.717) is 11.8 Å². The van der Waals surface area contributed by atoms with Crippen molar-refractivity contribution in [2.45, 2.75) is 52.1 Å². The molecule has 160 valence electrons. The Bertz CT molecular complexity index is 1280. The zero-order valence-corrected chi connectivity index (χ0v) is 18.9. The summed E-state index contributed by atoms with van der Waals surface area (Å²) in [6.45, 7) is 5.82. The van der Waals surface area contributed by atoms with Gasteiger partial charge in [-0.15, -0.1) is 11.3 Å². The average molecular weight is 434 g/mol. The summed E-state index contributed by atoms with van der Waals surface area (Å²) < 4.78 is 3.34. The molecule has 0 saturated carbocycles. The van der Waals surface area contributed by atoms with Crippen LogP contribution in [-0.2, 0) is 11.2 Å². The summed E-state index contributed by atoms with van der Waals surface area (Å²) in [6, 6.07) is 17.5. The number of fused-ring (bicyclic) bond motifs is 3. The van der Waals surface area contributed by atoms with Crippen molar-refractivity contribution < 1.29 is 4.79 Å². The molecule has 0 saturated heterocycles. The maximum atomic E-state index is 13.4. The van der Waals surface area contributed by atoms with Crippen LogP contribution in [0.15, 0.2) is 59.4 Å². The van der Waals surface area contributed by atoms with Crippen LogP contribution in [0.3, 0.4) is 0 Å². The third-order valence-corrected chi connectivity index (χ3v) is 6.97. The zero-order chi connectivity index (χ0) is 22.0. The summed E-state index contributed by atoms with van der Waals surface area (Å²) in [6.07, 6.45) is 2.22. The molecule has 2 aromatic carbocycles. The largest absolute Gasteiger partial charge is 0.352 e. The van der Waals surface area contributed by atoms with Gasteiger partial charge in [-0.05, 0) is 44.7 Å². The van der Waals surface area contributed by atoms with Crippen molar-refractivity contribution in [3.05, 3.63) is 76.2 Å². The fourth-order valence-electron chi connectivity index (χ4n) is 4.00. The van der Waals surface area contributed by atoms with Crippen LogP contribution in [0, 0.1) is 6.92 Å². The fourth-order valence-corrected chi connectivity index (χ4v) is 5.13. The minimum Gasteiger partial charge on any atom is -0.352 e. The van der Waals surface area contributed by atoms with Crippen molar-refractivity contribution in [3.63, 3.8) is 0 Å². The normalized spacial score (nSPS) is 13.4. The van der Waals surface area contributed by atoms with E-state index >= 15 is 0 Å². The number of nitrogens with zero attached hydrogens (tertiary/aromatic N) is 2. The topological polar surface area (TPSA) is 64.0 Å². The van der Waals surface area contributed by atoms with Gasteiger partial charge >= 0.3 is 0 Å². The smallest absolute Gasteiger partial charge is 0.276 e. The molecular formula is C25H27N3O2S. The van der Waals surface area contributed by atoms with Crippen LogP contribution < -0.4 is 10.9 Å². The number of benzene rings is 2. The Kier molecular flexibility index (Phi) is 6.18. The minimum absolute atomic E-state index is 0.00395. The summed E-state index contributed by atoms with van der Waals surface area (Å²) in [5, 5.41) is 9.22. The van der Waals surface area contributed by atoms with Crippen LogP contribution in [0.25, 0.3) is 20.2 Å². The van der Waals surface area contributed by atoms with Gasteiger partial charge in [0.05, 0.1) is 15.8 Å². The third kappa shape index (κ3) is 4.26. The number of carbonyl (C=O) groups excluding carboxylic acids is 1. The maximum absolute atomic E-state index is 13.4. The highest BCUT2D eigenvalue weighted by atomic mass is 32.1.